The molecule has 0 fully saturated rings. The predicted molar refractivity (Wildman–Crippen MR) is 114 cm³/mol. The number of nitrogens with zero attached hydrogens (tertiary/aromatic N) is 1. The van der Waals surface area contributed by atoms with Crippen LogP contribution in [0.4, 0.5) is 10.8 Å². The molecule has 142 valence electrons. The Labute approximate surface area is 167 Å². The fourth-order valence-electron chi connectivity index (χ4n) is 3.36. The molecule has 0 unspecified atom stereocenters. The second-order valence-corrected chi connectivity index (χ2v) is 7.36. The van der Waals surface area contributed by atoms with E-state index in [1.807, 2.05) is 47.8 Å². The summed E-state index contributed by atoms with van der Waals surface area (Å²) in [5, 5.41) is 16.5. The third kappa shape index (κ3) is 2.95. The van der Waals surface area contributed by atoms with Crippen molar-refractivity contribution in [2.75, 3.05) is 5.32 Å². The van der Waals surface area contributed by atoms with Crippen molar-refractivity contribution in [3.63, 3.8) is 0 Å². The molecular weight excluding hydrogens is 388 g/mol. The number of H-pyrrole nitrogens is 2. The van der Waals surface area contributed by atoms with Crippen molar-refractivity contribution in [3.8, 4) is 11.3 Å². The molecule has 0 atom stereocenters. The van der Waals surface area contributed by atoms with E-state index in [1.165, 1.54) is 17.5 Å². The number of fused-ring (bicyclic) bond motifs is 3. The fraction of sp³-hybridized carbons (Fsp3) is 0. The van der Waals surface area contributed by atoms with Gasteiger partial charge in [-0.25, -0.2) is 9.78 Å². The number of carboxylic acids is 1. The van der Waals surface area contributed by atoms with Gasteiger partial charge in [0.05, 0.1) is 11.3 Å². The number of carbonyl (C=O) groups is 1. The average Bonchev–Trinajstić information content (AvgIpc) is 3.36. The highest BCUT2D eigenvalue weighted by molar-refractivity contribution is 7.14. The summed E-state index contributed by atoms with van der Waals surface area (Å²) in [5.74, 6) is -1.09. The maximum Gasteiger partial charge on any atom is 0.337 e. The maximum absolute atomic E-state index is 12.3. The van der Waals surface area contributed by atoms with Gasteiger partial charge in [0.15, 0.2) is 5.13 Å². The van der Waals surface area contributed by atoms with Gasteiger partial charge in [-0.2, -0.15) is 0 Å². The van der Waals surface area contributed by atoms with Crippen LogP contribution in [0.2, 0.25) is 0 Å². The van der Waals surface area contributed by atoms with Crippen LogP contribution < -0.4 is 10.9 Å². The van der Waals surface area contributed by atoms with Crippen LogP contribution in [0.1, 0.15) is 10.4 Å². The number of hydrogen-bond acceptors (Lipinski definition) is 5. The van der Waals surface area contributed by atoms with Gasteiger partial charge in [-0.1, -0.05) is 24.3 Å². The molecule has 8 heteroatoms. The summed E-state index contributed by atoms with van der Waals surface area (Å²) in [6.45, 7) is 0. The monoisotopic (exact) mass is 402 g/mol. The van der Waals surface area contributed by atoms with Crippen LogP contribution in [0.15, 0.2) is 64.9 Å². The van der Waals surface area contributed by atoms with Crippen LogP contribution in [0.5, 0.6) is 0 Å². The first kappa shape index (κ1) is 17.2. The van der Waals surface area contributed by atoms with Crippen LogP contribution in [0, 0.1) is 0 Å². The Balaban J connectivity index is 1.62. The van der Waals surface area contributed by atoms with E-state index in [0.29, 0.717) is 16.3 Å². The zero-order valence-corrected chi connectivity index (χ0v) is 15.7. The molecular formula is C21H14N4O3S. The van der Waals surface area contributed by atoms with Gasteiger partial charge >= 0.3 is 5.97 Å². The summed E-state index contributed by atoms with van der Waals surface area (Å²) < 4.78 is 0. The van der Waals surface area contributed by atoms with Crippen molar-refractivity contribution in [1.29, 1.82) is 0 Å². The van der Waals surface area contributed by atoms with Crippen molar-refractivity contribution in [1.82, 2.24) is 15.0 Å². The number of carboxylic acid groups (broad SMARTS) is 1. The number of hydrogen-bond donors (Lipinski definition) is 4. The number of para-hydroxylation sites is 1. The third-order valence-electron chi connectivity index (χ3n) is 4.70. The molecule has 0 aliphatic heterocycles. The number of rotatable bonds is 4. The van der Waals surface area contributed by atoms with Crippen molar-refractivity contribution in [2.45, 2.75) is 0 Å². The van der Waals surface area contributed by atoms with Gasteiger partial charge < -0.3 is 20.4 Å². The van der Waals surface area contributed by atoms with E-state index in [-0.39, 0.29) is 16.6 Å². The molecule has 3 aromatic heterocycles. The predicted octanol–water partition coefficient (Wildman–Crippen LogP) is 4.57. The molecule has 4 N–H and O–H groups in total. The van der Waals surface area contributed by atoms with E-state index in [1.54, 1.807) is 6.07 Å². The lowest BCUT2D eigenvalue weighted by molar-refractivity contribution is 0.0699. The normalized spacial score (nSPS) is 11.2. The molecule has 0 aliphatic rings. The Hall–Kier alpha value is -3.91. The molecule has 3 heterocycles. The van der Waals surface area contributed by atoms with E-state index < -0.39 is 5.97 Å². The highest BCUT2D eigenvalue weighted by Crippen LogP contribution is 2.31. The molecule has 0 bridgehead atoms. The largest absolute Gasteiger partial charge is 0.478 e. The van der Waals surface area contributed by atoms with Crippen LogP contribution in [-0.4, -0.2) is 26.0 Å². The fourth-order valence-corrected chi connectivity index (χ4v) is 4.10. The smallest absolute Gasteiger partial charge is 0.337 e. The first-order chi connectivity index (χ1) is 14.1. The van der Waals surface area contributed by atoms with Crippen LogP contribution in [0.25, 0.3) is 33.1 Å². The van der Waals surface area contributed by atoms with Crippen LogP contribution in [0.3, 0.4) is 0 Å². The lowest BCUT2D eigenvalue weighted by Gasteiger charge is -2.04. The minimum atomic E-state index is -1.09. The topological polar surface area (TPSA) is 111 Å². The molecule has 29 heavy (non-hydrogen) atoms. The van der Waals surface area contributed by atoms with E-state index in [4.69, 9.17) is 0 Å². The highest BCUT2D eigenvalue weighted by atomic mass is 32.1. The molecule has 7 nitrogen and oxygen atoms in total. The van der Waals surface area contributed by atoms with Crippen molar-refractivity contribution < 1.29 is 9.90 Å². The molecule has 0 aliphatic carbocycles. The van der Waals surface area contributed by atoms with Crippen LogP contribution >= 0.6 is 11.3 Å². The number of aromatic amines is 2. The molecule has 2 aromatic carbocycles. The molecule has 0 amide bonds. The van der Waals surface area contributed by atoms with Gasteiger partial charge in [-0.15, -0.1) is 11.3 Å². The van der Waals surface area contributed by atoms with E-state index in [2.05, 4.69) is 20.3 Å². The molecule has 5 rings (SSSR count). The third-order valence-corrected chi connectivity index (χ3v) is 5.46. The summed E-state index contributed by atoms with van der Waals surface area (Å²) in [6, 6.07) is 15.3. The van der Waals surface area contributed by atoms with Crippen molar-refractivity contribution in [2.24, 2.45) is 0 Å². The van der Waals surface area contributed by atoms with Crippen LogP contribution in [-0.2, 0) is 0 Å². The first-order valence-electron chi connectivity index (χ1n) is 8.78. The van der Waals surface area contributed by atoms with Crippen molar-refractivity contribution in [3.05, 3.63) is 76.0 Å². The highest BCUT2D eigenvalue weighted by Gasteiger charge is 2.17. The second-order valence-electron chi connectivity index (χ2n) is 6.50. The van der Waals surface area contributed by atoms with E-state index in [9.17, 15) is 14.7 Å². The Morgan fingerprint density at radius 3 is 2.76 bits per heavy atom. The number of thiazole rings is 1. The van der Waals surface area contributed by atoms with Crippen molar-refractivity contribution >= 4 is 49.9 Å². The van der Waals surface area contributed by atoms with Gasteiger partial charge in [0.25, 0.3) is 5.56 Å². The van der Waals surface area contributed by atoms with E-state index in [0.717, 1.165) is 22.1 Å². The number of anilines is 2. The molecule has 0 spiro atoms. The summed E-state index contributed by atoms with van der Waals surface area (Å²) in [4.78, 5) is 34.1. The Kier molecular flexibility index (Phi) is 3.92. The number of aromatic nitrogens is 3. The maximum atomic E-state index is 12.3. The average molecular weight is 402 g/mol. The number of nitrogens with one attached hydrogen (secondary N) is 3. The number of pyridine rings is 1. The number of benzene rings is 2. The Bertz CT molecular complexity index is 1430. The molecule has 0 saturated heterocycles. The van der Waals surface area contributed by atoms with Gasteiger partial charge in [0, 0.05) is 39.1 Å². The minimum Gasteiger partial charge on any atom is -0.478 e. The minimum absolute atomic E-state index is 0.0676. The standard InChI is InChI=1S/C21H14N4O3S/c26-19-18-17(14(9-22-18)20(27)28)13-8-11(6-7-15(13)24-19)16-10-29-21(25-16)23-12-4-2-1-3-5-12/h1-10,22H,(H,23,25)(H,24,26)(H,27,28). The van der Waals surface area contributed by atoms with Gasteiger partial charge in [0.2, 0.25) is 0 Å². The Morgan fingerprint density at radius 1 is 1.14 bits per heavy atom. The summed E-state index contributed by atoms with van der Waals surface area (Å²) in [6.07, 6.45) is 1.35. The summed E-state index contributed by atoms with van der Waals surface area (Å²) >= 11 is 1.48. The SMILES string of the molecule is O=C(O)c1c[nH]c2c(=O)[nH]c3ccc(-c4csc(Nc5ccccc5)n4)cc3c12. The van der Waals surface area contributed by atoms with Gasteiger partial charge in [0.1, 0.15) is 5.52 Å². The lowest BCUT2D eigenvalue weighted by Crippen LogP contribution is -2.07. The molecule has 5 aromatic rings. The summed E-state index contributed by atoms with van der Waals surface area (Å²) in [7, 11) is 0. The molecule has 0 saturated carbocycles. The molecule has 0 radical (unpaired) electrons. The van der Waals surface area contributed by atoms with E-state index >= 15 is 0 Å². The Morgan fingerprint density at radius 2 is 1.97 bits per heavy atom. The first-order valence-corrected chi connectivity index (χ1v) is 9.66. The van der Waals surface area contributed by atoms with Gasteiger partial charge in [-0.3, -0.25) is 4.79 Å². The number of aromatic carboxylic acids is 1. The summed E-state index contributed by atoms with van der Waals surface area (Å²) in [5.41, 5.74) is 3.09. The lowest BCUT2D eigenvalue weighted by atomic mass is 10.0. The quantitative estimate of drug-likeness (QED) is 0.352. The zero-order chi connectivity index (χ0) is 20.0. The van der Waals surface area contributed by atoms with Gasteiger partial charge in [-0.05, 0) is 24.3 Å². The second kappa shape index (κ2) is 6.61. The zero-order valence-electron chi connectivity index (χ0n) is 14.9.